The summed E-state index contributed by atoms with van der Waals surface area (Å²) in [5, 5.41) is 0. The van der Waals surface area contributed by atoms with Gasteiger partial charge in [0.25, 0.3) is 0 Å². The Morgan fingerprint density at radius 3 is 2.65 bits per heavy atom. The molecular formula is C17H22N2O. The minimum atomic E-state index is 0.103. The Labute approximate surface area is 121 Å². The molecular weight excluding hydrogens is 248 g/mol. The zero-order chi connectivity index (χ0) is 14.7. The second-order valence-corrected chi connectivity index (χ2v) is 5.35. The highest BCUT2D eigenvalue weighted by Gasteiger charge is 2.24. The van der Waals surface area contributed by atoms with Gasteiger partial charge in [-0.25, -0.2) is 0 Å². The minimum absolute atomic E-state index is 0.103. The monoisotopic (exact) mass is 270 g/mol. The maximum absolute atomic E-state index is 12.5. The molecule has 0 saturated heterocycles. The van der Waals surface area contributed by atoms with E-state index in [0.717, 1.165) is 41.8 Å². The maximum Gasteiger partial charge on any atom is 0.250 e. The van der Waals surface area contributed by atoms with Crippen LogP contribution in [0.5, 0.6) is 0 Å². The van der Waals surface area contributed by atoms with Gasteiger partial charge < -0.3 is 4.90 Å². The van der Waals surface area contributed by atoms with Crippen LogP contribution in [0, 0.1) is 6.92 Å². The summed E-state index contributed by atoms with van der Waals surface area (Å²) in [5.74, 6) is 0.103. The lowest BCUT2D eigenvalue weighted by Gasteiger charge is -2.27. The van der Waals surface area contributed by atoms with Crippen molar-refractivity contribution in [3.8, 4) is 0 Å². The number of allylic oxidation sites excluding steroid dienone is 2. The fraction of sp³-hybridized carbons (Fsp3) is 0.412. The first-order valence-corrected chi connectivity index (χ1v) is 7.11. The number of aromatic nitrogens is 1. The first-order valence-electron chi connectivity index (χ1n) is 7.11. The van der Waals surface area contributed by atoms with Gasteiger partial charge in [-0.2, -0.15) is 0 Å². The number of carbonyl (C=O) groups is 1. The third-order valence-corrected chi connectivity index (χ3v) is 3.77. The minimum Gasteiger partial charge on any atom is -0.336 e. The molecule has 1 aromatic rings. The summed E-state index contributed by atoms with van der Waals surface area (Å²) in [4.78, 5) is 18.7. The van der Waals surface area contributed by atoms with Crippen molar-refractivity contribution in [1.82, 2.24) is 9.88 Å². The summed E-state index contributed by atoms with van der Waals surface area (Å²) in [6.45, 7) is 8.55. The summed E-state index contributed by atoms with van der Waals surface area (Å²) < 4.78 is 0. The van der Waals surface area contributed by atoms with E-state index in [0.29, 0.717) is 6.54 Å². The zero-order valence-corrected chi connectivity index (χ0v) is 12.6. The molecule has 1 fully saturated rings. The number of amides is 1. The molecule has 20 heavy (non-hydrogen) atoms. The van der Waals surface area contributed by atoms with E-state index < -0.39 is 0 Å². The molecule has 1 saturated carbocycles. The number of pyridine rings is 1. The van der Waals surface area contributed by atoms with Gasteiger partial charge in [0.15, 0.2) is 0 Å². The fourth-order valence-corrected chi connectivity index (χ4v) is 2.52. The van der Waals surface area contributed by atoms with Crippen molar-refractivity contribution in [3.63, 3.8) is 0 Å². The van der Waals surface area contributed by atoms with Crippen LogP contribution >= 0.6 is 0 Å². The molecule has 106 valence electrons. The predicted octanol–water partition coefficient (Wildman–Crippen LogP) is 3.41. The van der Waals surface area contributed by atoms with E-state index in [2.05, 4.69) is 11.6 Å². The molecule has 0 bridgehead atoms. The van der Waals surface area contributed by atoms with Gasteiger partial charge >= 0.3 is 0 Å². The lowest BCUT2D eigenvalue weighted by atomic mass is 9.82. The Hall–Kier alpha value is -1.90. The highest BCUT2D eigenvalue weighted by atomic mass is 16.2. The smallest absolute Gasteiger partial charge is 0.250 e. The Morgan fingerprint density at radius 2 is 2.15 bits per heavy atom. The Balaban J connectivity index is 2.12. The molecule has 0 radical (unpaired) electrons. The van der Waals surface area contributed by atoms with Gasteiger partial charge in [-0.15, -0.1) is 0 Å². The first-order chi connectivity index (χ1) is 9.52. The van der Waals surface area contributed by atoms with Crippen LogP contribution in [-0.2, 0) is 11.3 Å². The van der Waals surface area contributed by atoms with Gasteiger partial charge in [0.05, 0.1) is 12.2 Å². The number of rotatable bonds is 4. The van der Waals surface area contributed by atoms with Crippen molar-refractivity contribution in [1.29, 1.82) is 0 Å². The van der Waals surface area contributed by atoms with E-state index >= 15 is 0 Å². The number of nitrogens with zero attached hydrogens (tertiary/aromatic N) is 2. The lowest BCUT2D eigenvalue weighted by molar-refractivity contribution is -0.126. The topological polar surface area (TPSA) is 33.2 Å². The van der Waals surface area contributed by atoms with Crippen LogP contribution in [0.15, 0.2) is 41.5 Å². The molecule has 0 aromatic carbocycles. The summed E-state index contributed by atoms with van der Waals surface area (Å²) in [6.07, 6.45) is 2.78. The molecule has 1 heterocycles. The molecule has 1 amide bonds. The van der Waals surface area contributed by atoms with Gasteiger partial charge in [0.2, 0.25) is 5.91 Å². The van der Waals surface area contributed by atoms with Crippen molar-refractivity contribution in [3.05, 3.63) is 52.9 Å². The average Bonchev–Trinajstić information content (AvgIpc) is 2.42. The largest absolute Gasteiger partial charge is 0.336 e. The molecule has 0 aliphatic heterocycles. The van der Waals surface area contributed by atoms with Crippen LogP contribution < -0.4 is 0 Å². The van der Waals surface area contributed by atoms with Crippen molar-refractivity contribution in [2.75, 3.05) is 7.05 Å². The van der Waals surface area contributed by atoms with Gasteiger partial charge in [0, 0.05) is 18.3 Å². The van der Waals surface area contributed by atoms with Crippen LogP contribution in [0.3, 0.4) is 0 Å². The number of likely N-dealkylation sites (N-methyl/N-ethyl adjacent to an activating group) is 1. The molecule has 0 spiro atoms. The predicted molar refractivity (Wildman–Crippen MR) is 81.1 cm³/mol. The third kappa shape index (κ3) is 2.98. The molecule has 1 aliphatic carbocycles. The average molecular weight is 270 g/mol. The standard InChI is InChI=1S/C17H22N2O/c1-5-15(16-10-9-12(16)2)17(20)19(4)11-14-8-6-7-13(3)18-14/h6-8H,2,5,9-11H2,1,3-4H3/b16-15+. The highest BCUT2D eigenvalue weighted by Crippen LogP contribution is 2.35. The SMILES string of the molecule is C=C1CC/C1=C(/CC)C(=O)N(C)Cc1cccc(C)n1. The number of hydrogen-bond acceptors (Lipinski definition) is 2. The quantitative estimate of drug-likeness (QED) is 0.786. The van der Waals surface area contributed by atoms with Gasteiger partial charge in [0.1, 0.15) is 0 Å². The van der Waals surface area contributed by atoms with Crippen LogP contribution in [0.2, 0.25) is 0 Å². The number of carbonyl (C=O) groups excluding carboxylic acids is 1. The summed E-state index contributed by atoms with van der Waals surface area (Å²) in [7, 11) is 1.84. The van der Waals surface area contributed by atoms with E-state index in [1.807, 2.05) is 39.1 Å². The zero-order valence-electron chi connectivity index (χ0n) is 12.6. The van der Waals surface area contributed by atoms with Gasteiger partial charge in [-0.1, -0.05) is 25.1 Å². The van der Waals surface area contributed by atoms with E-state index in [1.54, 1.807) is 4.90 Å². The summed E-state index contributed by atoms with van der Waals surface area (Å²) in [6, 6.07) is 5.89. The van der Waals surface area contributed by atoms with Crippen molar-refractivity contribution in [2.45, 2.75) is 39.7 Å². The van der Waals surface area contributed by atoms with Crippen LogP contribution in [0.25, 0.3) is 0 Å². The maximum atomic E-state index is 12.5. The molecule has 0 atom stereocenters. The molecule has 1 aromatic heterocycles. The van der Waals surface area contributed by atoms with Crippen LogP contribution in [0.1, 0.15) is 37.6 Å². The Morgan fingerprint density at radius 1 is 1.40 bits per heavy atom. The summed E-state index contributed by atoms with van der Waals surface area (Å²) >= 11 is 0. The van der Waals surface area contributed by atoms with Gasteiger partial charge in [-0.3, -0.25) is 9.78 Å². The van der Waals surface area contributed by atoms with E-state index in [1.165, 1.54) is 5.57 Å². The Kier molecular flexibility index (Phi) is 4.38. The number of aryl methyl sites for hydroxylation is 1. The van der Waals surface area contributed by atoms with E-state index in [9.17, 15) is 4.79 Å². The lowest BCUT2D eigenvalue weighted by Crippen LogP contribution is -2.29. The third-order valence-electron chi connectivity index (χ3n) is 3.77. The van der Waals surface area contributed by atoms with Crippen molar-refractivity contribution >= 4 is 5.91 Å². The molecule has 0 unspecified atom stereocenters. The highest BCUT2D eigenvalue weighted by molar-refractivity contribution is 5.95. The molecule has 3 nitrogen and oxygen atoms in total. The second kappa shape index (κ2) is 6.04. The van der Waals surface area contributed by atoms with Gasteiger partial charge in [-0.05, 0) is 43.9 Å². The normalized spacial score (nSPS) is 16.6. The molecule has 1 aliphatic rings. The van der Waals surface area contributed by atoms with Crippen LogP contribution in [-0.4, -0.2) is 22.8 Å². The molecule has 3 heteroatoms. The first kappa shape index (κ1) is 14.5. The van der Waals surface area contributed by atoms with Crippen molar-refractivity contribution < 1.29 is 4.79 Å². The second-order valence-electron chi connectivity index (χ2n) is 5.35. The van der Waals surface area contributed by atoms with E-state index in [4.69, 9.17) is 0 Å². The van der Waals surface area contributed by atoms with Crippen molar-refractivity contribution in [2.24, 2.45) is 0 Å². The summed E-state index contributed by atoms with van der Waals surface area (Å²) in [5.41, 5.74) is 5.11. The molecule has 2 rings (SSSR count). The van der Waals surface area contributed by atoms with Crippen LogP contribution in [0.4, 0.5) is 0 Å². The Bertz CT molecular complexity index is 572. The molecule has 0 N–H and O–H groups in total. The van der Waals surface area contributed by atoms with E-state index in [-0.39, 0.29) is 5.91 Å². The number of hydrogen-bond donors (Lipinski definition) is 0. The fourth-order valence-electron chi connectivity index (χ4n) is 2.52.